The van der Waals surface area contributed by atoms with Gasteiger partial charge in [-0.05, 0) is 24.6 Å². The van der Waals surface area contributed by atoms with Crippen molar-refractivity contribution in [1.29, 1.82) is 0 Å². The number of aryl methyl sites for hydroxylation is 1. The molecule has 21 heavy (non-hydrogen) atoms. The number of halogens is 2. The van der Waals surface area contributed by atoms with Crippen molar-refractivity contribution in [3.63, 3.8) is 0 Å². The van der Waals surface area contributed by atoms with E-state index in [9.17, 15) is 8.78 Å². The molecule has 0 amide bonds. The van der Waals surface area contributed by atoms with E-state index >= 15 is 0 Å². The maximum atomic E-state index is 13.9. The molecule has 2 aromatic rings. The summed E-state index contributed by atoms with van der Waals surface area (Å²) in [4.78, 5) is 0. The van der Waals surface area contributed by atoms with Crippen LogP contribution in [0.1, 0.15) is 30.8 Å². The Hall–Kier alpha value is -2.02. The van der Waals surface area contributed by atoms with E-state index < -0.39 is 17.4 Å². The molecule has 7 heteroatoms. The zero-order valence-electron chi connectivity index (χ0n) is 12.1. The van der Waals surface area contributed by atoms with Crippen molar-refractivity contribution in [1.82, 2.24) is 15.6 Å². The van der Waals surface area contributed by atoms with Gasteiger partial charge in [-0.3, -0.25) is 0 Å². The Morgan fingerprint density at radius 2 is 1.90 bits per heavy atom. The molecule has 0 aliphatic carbocycles. The fourth-order valence-corrected chi connectivity index (χ4v) is 1.70. The first-order valence-corrected chi connectivity index (χ1v) is 6.59. The third-order valence-electron chi connectivity index (χ3n) is 2.87. The van der Waals surface area contributed by atoms with Crippen LogP contribution >= 0.6 is 0 Å². The Balaban J connectivity index is 2.08. The van der Waals surface area contributed by atoms with Crippen LogP contribution in [-0.4, -0.2) is 16.4 Å². The SMILES string of the molecule is Cc1nonc1COc1c(F)cc(CNC(C)C)cc1F. The third kappa shape index (κ3) is 3.98. The highest BCUT2D eigenvalue weighted by molar-refractivity contribution is 5.31. The maximum absolute atomic E-state index is 13.9. The number of nitrogens with zero attached hydrogens (tertiary/aromatic N) is 2. The number of ether oxygens (including phenoxy) is 1. The Morgan fingerprint density at radius 3 is 2.43 bits per heavy atom. The molecule has 0 saturated heterocycles. The van der Waals surface area contributed by atoms with Gasteiger partial charge in [0.25, 0.3) is 0 Å². The van der Waals surface area contributed by atoms with Gasteiger partial charge in [0, 0.05) is 12.6 Å². The van der Waals surface area contributed by atoms with Crippen LogP contribution in [0.4, 0.5) is 8.78 Å². The van der Waals surface area contributed by atoms with Gasteiger partial charge in [-0.1, -0.05) is 24.2 Å². The predicted octanol–water partition coefficient (Wildman–Crippen LogP) is 2.73. The zero-order chi connectivity index (χ0) is 15.4. The normalized spacial score (nSPS) is 11.1. The fourth-order valence-electron chi connectivity index (χ4n) is 1.70. The van der Waals surface area contributed by atoms with Gasteiger partial charge in [0.05, 0.1) is 0 Å². The molecular formula is C14H17F2N3O2. The lowest BCUT2D eigenvalue weighted by Gasteiger charge is -2.11. The van der Waals surface area contributed by atoms with Gasteiger partial charge in [-0.2, -0.15) is 0 Å². The molecule has 0 atom stereocenters. The molecule has 0 bridgehead atoms. The van der Waals surface area contributed by atoms with Crippen molar-refractivity contribution in [2.24, 2.45) is 0 Å². The van der Waals surface area contributed by atoms with Crippen LogP contribution in [0.2, 0.25) is 0 Å². The highest BCUT2D eigenvalue weighted by Crippen LogP contribution is 2.24. The summed E-state index contributed by atoms with van der Waals surface area (Å²) in [5, 5.41) is 10.3. The maximum Gasteiger partial charge on any atom is 0.191 e. The molecule has 0 spiro atoms. The number of nitrogens with one attached hydrogen (secondary N) is 1. The summed E-state index contributed by atoms with van der Waals surface area (Å²) in [5.41, 5.74) is 1.44. The molecule has 5 nitrogen and oxygen atoms in total. The molecule has 0 unspecified atom stereocenters. The lowest BCUT2D eigenvalue weighted by molar-refractivity contribution is 0.252. The van der Waals surface area contributed by atoms with E-state index in [2.05, 4.69) is 20.3 Å². The average Bonchev–Trinajstić information content (AvgIpc) is 2.81. The Bertz CT molecular complexity index is 591. The Kier molecular flexibility index (Phi) is 4.85. The molecule has 1 aromatic heterocycles. The first-order valence-electron chi connectivity index (χ1n) is 6.59. The van der Waals surface area contributed by atoms with Crippen molar-refractivity contribution in [3.05, 3.63) is 40.7 Å². The largest absolute Gasteiger partial charge is 0.481 e. The highest BCUT2D eigenvalue weighted by atomic mass is 19.1. The van der Waals surface area contributed by atoms with Crippen LogP contribution in [0.3, 0.4) is 0 Å². The minimum absolute atomic E-state index is 0.104. The van der Waals surface area contributed by atoms with Crippen molar-refractivity contribution in [3.8, 4) is 5.75 Å². The van der Waals surface area contributed by atoms with Crippen LogP contribution in [0.15, 0.2) is 16.8 Å². The van der Waals surface area contributed by atoms with Crippen molar-refractivity contribution in [2.75, 3.05) is 0 Å². The number of benzene rings is 1. The van der Waals surface area contributed by atoms with Crippen LogP contribution in [-0.2, 0) is 13.2 Å². The predicted molar refractivity (Wildman–Crippen MR) is 71.7 cm³/mol. The molecule has 0 aliphatic heterocycles. The van der Waals surface area contributed by atoms with Gasteiger partial charge in [-0.25, -0.2) is 13.4 Å². The number of aromatic nitrogens is 2. The minimum Gasteiger partial charge on any atom is -0.481 e. The van der Waals surface area contributed by atoms with Crippen molar-refractivity contribution >= 4 is 0 Å². The van der Waals surface area contributed by atoms with Gasteiger partial charge in [-0.15, -0.1) is 0 Å². The lowest BCUT2D eigenvalue weighted by atomic mass is 10.2. The van der Waals surface area contributed by atoms with Gasteiger partial charge in [0.1, 0.15) is 18.0 Å². The Morgan fingerprint density at radius 1 is 1.24 bits per heavy atom. The molecule has 2 rings (SSSR count). The zero-order valence-corrected chi connectivity index (χ0v) is 12.1. The van der Waals surface area contributed by atoms with Gasteiger partial charge >= 0.3 is 0 Å². The second-order valence-corrected chi connectivity index (χ2v) is 5.01. The molecule has 0 aliphatic rings. The molecule has 1 N–H and O–H groups in total. The van der Waals surface area contributed by atoms with Crippen molar-refractivity contribution in [2.45, 2.75) is 40.0 Å². The summed E-state index contributed by atoms with van der Waals surface area (Å²) in [7, 11) is 0. The summed E-state index contributed by atoms with van der Waals surface area (Å²) in [6.07, 6.45) is 0. The standard InChI is InChI=1S/C14H17F2N3O2/c1-8(2)17-6-10-4-11(15)14(12(16)5-10)20-7-13-9(3)18-21-19-13/h4-5,8,17H,6-7H2,1-3H3. The van der Waals surface area contributed by atoms with Crippen LogP contribution < -0.4 is 10.1 Å². The topological polar surface area (TPSA) is 60.2 Å². The summed E-state index contributed by atoms with van der Waals surface area (Å²) in [6, 6.07) is 2.73. The molecular weight excluding hydrogens is 280 g/mol. The smallest absolute Gasteiger partial charge is 0.191 e. The fraction of sp³-hybridized carbons (Fsp3) is 0.429. The summed E-state index contributed by atoms with van der Waals surface area (Å²) in [6.45, 7) is 5.87. The first-order chi connectivity index (χ1) is 9.97. The molecule has 114 valence electrons. The number of hydrogen-bond donors (Lipinski definition) is 1. The molecule has 0 saturated carbocycles. The van der Waals surface area contributed by atoms with E-state index in [-0.39, 0.29) is 12.6 Å². The van der Waals surface area contributed by atoms with Crippen molar-refractivity contribution < 1.29 is 18.1 Å². The Labute approximate surface area is 121 Å². The van der Waals surface area contributed by atoms with Crippen LogP contribution in [0.25, 0.3) is 0 Å². The summed E-state index contributed by atoms with van der Waals surface area (Å²) < 4.78 is 37.5. The van der Waals surface area contributed by atoms with Gasteiger partial charge in [0.2, 0.25) is 0 Å². The van der Waals surface area contributed by atoms with E-state index in [0.29, 0.717) is 23.5 Å². The minimum atomic E-state index is -0.746. The molecule has 0 radical (unpaired) electrons. The van der Waals surface area contributed by atoms with E-state index in [1.165, 1.54) is 12.1 Å². The van der Waals surface area contributed by atoms with E-state index in [4.69, 9.17) is 4.74 Å². The third-order valence-corrected chi connectivity index (χ3v) is 2.87. The van der Waals surface area contributed by atoms with E-state index in [1.54, 1.807) is 6.92 Å². The monoisotopic (exact) mass is 297 g/mol. The lowest BCUT2D eigenvalue weighted by Crippen LogP contribution is -2.22. The van der Waals surface area contributed by atoms with E-state index in [0.717, 1.165) is 0 Å². The number of hydrogen-bond acceptors (Lipinski definition) is 5. The van der Waals surface area contributed by atoms with Gasteiger partial charge in [0.15, 0.2) is 17.4 Å². The molecule has 1 aromatic carbocycles. The van der Waals surface area contributed by atoms with Crippen LogP contribution in [0.5, 0.6) is 5.75 Å². The second kappa shape index (κ2) is 6.62. The average molecular weight is 297 g/mol. The summed E-state index contributed by atoms with van der Waals surface area (Å²) in [5.74, 6) is -1.92. The molecule has 0 fully saturated rings. The van der Waals surface area contributed by atoms with E-state index in [1.807, 2.05) is 13.8 Å². The quantitative estimate of drug-likeness (QED) is 0.888. The van der Waals surface area contributed by atoms with Crippen LogP contribution in [0, 0.1) is 18.6 Å². The first kappa shape index (κ1) is 15.4. The highest BCUT2D eigenvalue weighted by Gasteiger charge is 2.15. The van der Waals surface area contributed by atoms with Gasteiger partial charge < -0.3 is 10.1 Å². The molecule has 1 heterocycles. The second-order valence-electron chi connectivity index (χ2n) is 5.01. The number of rotatable bonds is 6. The summed E-state index contributed by atoms with van der Waals surface area (Å²) >= 11 is 0.